The molecule has 2 unspecified atom stereocenters. The van der Waals surface area contributed by atoms with E-state index >= 15 is 0 Å². The Morgan fingerprint density at radius 1 is 1.06 bits per heavy atom. The zero-order valence-corrected chi connectivity index (χ0v) is 11.1. The van der Waals surface area contributed by atoms with E-state index in [9.17, 15) is 0 Å². The van der Waals surface area contributed by atoms with Crippen molar-refractivity contribution in [2.45, 2.75) is 39.5 Å². The minimum Gasteiger partial charge on any atom is -0.387 e. The first-order valence-corrected chi connectivity index (χ1v) is 6.35. The lowest BCUT2D eigenvalue weighted by Crippen LogP contribution is -2.25. The van der Waals surface area contributed by atoms with Gasteiger partial charge in [0.1, 0.15) is 11.7 Å². The highest BCUT2D eigenvalue weighted by atomic mass is 14.9. The zero-order chi connectivity index (χ0) is 13.3. The Kier molecular flexibility index (Phi) is 8.62. The highest BCUT2D eigenvalue weighted by Crippen LogP contribution is 2.10. The number of nitrogens with zero attached hydrogens (tertiary/aromatic N) is 1. The zero-order valence-electron chi connectivity index (χ0n) is 11.1. The van der Waals surface area contributed by atoms with Crippen LogP contribution in [0.15, 0.2) is 4.99 Å². The molecule has 0 aromatic heterocycles. The van der Waals surface area contributed by atoms with Gasteiger partial charge in [0.2, 0.25) is 0 Å². The van der Waals surface area contributed by atoms with Crippen molar-refractivity contribution >= 4 is 11.7 Å². The molecule has 100 valence electrons. The summed E-state index contributed by atoms with van der Waals surface area (Å²) >= 11 is 0. The van der Waals surface area contributed by atoms with Gasteiger partial charge in [-0.15, -0.1) is 0 Å². The summed E-state index contributed by atoms with van der Waals surface area (Å²) in [5, 5.41) is 7.84. The van der Waals surface area contributed by atoms with E-state index in [1.165, 1.54) is 0 Å². The predicted octanol–water partition coefficient (Wildman–Crippen LogP) is 1.07. The van der Waals surface area contributed by atoms with Gasteiger partial charge in [0.25, 0.3) is 0 Å². The maximum absolute atomic E-state index is 7.84. The van der Waals surface area contributed by atoms with Gasteiger partial charge in [0.05, 0.1) is 0 Å². The predicted molar refractivity (Wildman–Crippen MR) is 74.3 cm³/mol. The molecule has 0 amide bonds. The molecule has 5 nitrogen and oxygen atoms in total. The van der Waals surface area contributed by atoms with Crippen LogP contribution in [0.3, 0.4) is 0 Å². The second-order valence-corrected chi connectivity index (χ2v) is 4.59. The molecule has 2 atom stereocenters. The lowest BCUT2D eigenvalue weighted by atomic mass is 10.0. The van der Waals surface area contributed by atoms with Crippen molar-refractivity contribution in [3.63, 3.8) is 0 Å². The Bertz CT molecular complexity index is 249. The normalized spacial score (nSPS) is 15.6. The third-order valence-corrected chi connectivity index (χ3v) is 2.90. The van der Waals surface area contributed by atoms with Crippen molar-refractivity contribution in [1.29, 1.82) is 5.41 Å². The smallest absolute Gasteiger partial charge is 0.125 e. The number of amidine groups is 2. The van der Waals surface area contributed by atoms with Crippen LogP contribution in [0.4, 0.5) is 0 Å². The topological polar surface area (TPSA) is 114 Å². The van der Waals surface area contributed by atoms with Crippen molar-refractivity contribution in [2.24, 2.45) is 34.0 Å². The van der Waals surface area contributed by atoms with E-state index < -0.39 is 0 Å². The number of nitrogens with one attached hydrogen (secondary N) is 1. The third-order valence-electron chi connectivity index (χ3n) is 2.90. The minimum atomic E-state index is 0.124. The first-order chi connectivity index (χ1) is 8.02. The lowest BCUT2D eigenvalue weighted by Gasteiger charge is -2.13. The van der Waals surface area contributed by atoms with Gasteiger partial charge in [0.15, 0.2) is 0 Å². The highest BCUT2D eigenvalue weighted by Gasteiger charge is 2.11. The van der Waals surface area contributed by atoms with E-state index in [1.807, 2.05) is 13.8 Å². The Morgan fingerprint density at radius 3 is 2.00 bits per heavy atom. The molecule has 0 aromatic carbocycles. The van der Waals surface area contributed by atoms with Gasteiger partial charge in [-0.1, -0.05) is 13.8 Å². The first kappa shape index (κ1) is 16.1. The fourth-order valence-corrected chi connectivity index (χ4v) is 1.49. The fraction of sp³-hybridized carbons (Fsp3) is 0.833. The molecule has 0 saturated carbocycles. The van der Waals surface area contributed by atoms with Gasteiger partial charge in [-0.05, 0) is 38.8 Å². The Hall–Kier alpha value is -0.940. The highest BCUT2D eigenvalue weighted by molar-refractivity contribution is 5.96. The second-order valence-electron chi connectivity index (χ2n) is 4.59. The Morgan fingerprint density at radius 2 is 1.53 bits per heavy atom. The molecule has 0 aliphatic carbocycles. The molecular weight excluding hydrogens is 214 g/mol. The second kappa shape index (κ2) is 9.13. The average molecular weight is 241 g/mol. The van der Waals surface area contributed by atoms with Gasteiger partial charge in [0, 0.05) is 11.8 Å². The molecule has 5 heteroatoms. The van der Waals surface area contributed by atoms with Gasteiger partial charge in [-0.25, -0.2) is 4.99 Å². The van der Waals surface area contributed by atoms with Crippen molar-refractivity contribution in [1.82, 2.24) is 0 Å². The fourth-order valence-electron chi connectivity index (χ4n) is 1.49. The number of nitrogens with two attached hydrogens (primary N) is 3. The van der Waals surface area contributed by atoms with Crippen molar-refractivity contribution in [2.75, 3.05) is 13.1 Å². The van der Waals surface area contributed by atoms with Gasteiger partial charge in [-0.3, -0.25) is 5.41 Å². The molecule has 0 saturated heterocycles. The van der Waals surface area contributed by atoms with Crippen LogP contribution in [0, 0.1) is 17.2 Å². The van der Waals surface area contributed by atoms with E-state index in [-0.39, 0.29) is 11.8 Å². The van der Waals surface area contributed by atoms with Crippen molar-refractivity contribution < 1.29 is 0 Å². The van der Waals surface area contributed by atoms with E-state index in [4.69, 9.17) is 22.6 Å². The Labute approximate surface area is 104 Å². The average Bonchev–Trinajstić information content (AvgIpc) is 2.32. The standard InChI is InChI=1S/C12H27N5/c1-9(5-3-7-13)11(15)17-12(16)10(2)6-4-8-14/h9-10H,3-8,13-14H2,1-2H3,(H3,15,16,17). The van der Waals surface area contributed by atoms with Gasteiger partial charge in [-0.2, -0.15) is 0 Å². The summed E-state index contributed by atoms with van der Waals surface area (Å²) in [6.07, 6.45) is 3.68. The van der Waals surface area contributed by atoms with Crippen LogP contribution < -0.4 is 17.2 Å². The summed E-state index contributed by atoms with van der Waals surface area (Å²) in [5.41, 5.74) is 16.8. The summed E-state index contributed by atoms with van der Waals surface area (Å²) in [7, 11) is 0. The monoisotopic (exact) mass is 241 g/mol. The first-order valence-electron chi connectivity index (χ1n) is 6.35. The summed E-state index contributed by atoms with van der Waals surface area (Å²) in [5.74, 6) is 1.22. The van der Waals surface area contributed by atoms with E-state index in [0.717, 1.165) is 25.7 Å². The van der Waals surface area contributed by atoms with E-state index in [0.29, 0.717) is 24.8 Å². The van der Waals surface area contributed by atoms with Gasteiger partial charge < -0.3 is 17.2 Å². The van der Waals surface area contributed by atoms with Crippen LogP contribution in [-0.4, -0.2) is 24.8 Å². The van der Waals surface area contributed by atoms with Crippen molar-refractivity contribution in [3.05, 3.63) is 0 Å². The molecule has 0 aromatic rings. The quantitative estimate of drug-likeness (QED) is 0.376. The van der Waals surface area contributed by atoms with Crippen LogP contribution in [-0.2, 0) is 0 Å². The van der Waals surface area contributed by atoms with Crippen molar-refractivity contribution in [3.8, 4) is 0 Å². The van der Waals surface area contributed by atoms with Crippen LogP contribution in [0.1, 0.15) is 39.5 Å². The minimum absolute atomic E-state index is 0.124. The summed E-state index contributed by atoms with van der Waals surface area (Å²) in [6.45, 7) is 5.33. The SMILES string of the molecule is CC(CCCN)C(=N)N=C(N)C(C)CCCN. The molecule has 0 rings (SSSR count). The number of hydrogen-bond donors (Lipinski definition) is 4. The molecule has 0 aliphatic rings. The summed E-state index contributed by atoms with van der Waals surface area (Å²) in [4.78, 5) is 4.18. The molecule has 0 spiro atoms. The summed E-state index contributed by atoms with van der Waals surface area (Å²) < 4.78 is 0. The molecule has 17 heavy (non-hydrogen) atoms. The molecule has 0 fully saturated rings. The van der Waals surface area contributed by atoms with Gasteiger partial charge >= 0.3 is 0 Å². The molecule has 0 radical (unpaired) electrons. The number of rotatable bonds is 8. The molecule has 0 aliphatic heterocycles. The number of hydrogen-bond acceptors (Lipinski definition) is 3. The Balaban J connectivity index is 4.20. The van der Waals surface area contributed by atoms with E-state index in [2.05, 4.69) is 4.99 Å². The van der Waals surface area contributed by atoms with E-state index in [1.54, 1.807) is 0 Å². The van der Waals surface area contributed by atoms with Crippen LogP contribution >= 0.6 is 0 Å². The van der Waals surface area contributed by atoms with Crippen LogP contribution in [0.5, 0.6) is 0 Å². The van der Waals surface area contributed by atoms with Crippen LogP contribution in [0.25, 0.3) is 0 Å². The third kappa shape index (κ3) is 7.07. The van der Waals surface area contributed by atoms with Crippen LogP contribution in [0.2, 0.25) is 0 Å². The maximum Gasteiger partial charge on any atom is 0.125 e. The molecule has 7 N–H and O–H groups in total. The molecule has 0 bridgehead atoms. The number of aliphatic imine (C=N–C) groups is 1. The largest absolute Gasteiger partial charge is 0.387 e. The summed E-state index contributed by atoms with van der Waals surface area (Å²) in [6, 6.07) is 0. The molecular formula is C12H27N5. The molecule has 0 heterocycles. The lowest BCUT2D eigenvalue weighted by molar-refractivity contribution is 0.626. The maximum atomic E-state index is 7.84.